The second-order valence-electron chi connectivity index (χ2n) is 8.75. The van der Waals surface area contributed by atoms with E-state index >= 15 is 0 Å². The summed E-state index contributed by atoms with van der Waals surface area (Å²) in [5, 5.41) is 7.17. The molecule has 33 heavy (non-hydrogen) atoms. The Hall–Kier alpha value is -2.84. The normalized spacial score (nSPS) is 19.1. The molecule has 1 saturated heterocycles. The van der Waals surface area contributed by atoms with E-state index in [9.17, 15) is 4.79 Å². The van der Waals surface area contributed by atoms with Crippen LogP contribution in [0, 0.1) is 0 Å². The number of carbonyl (C=O) groups is 1. The van der Waals surface area contributed by atoms with Gasteiger partial charge in [-0.3, -0.25) is 4.79 Å². The fourth-order valence-corrected chi connectivity index (χ4v) is 4.43. The van der Waals surface area contributed by atoms with Crippen molar-refractivity contribution < 1.29 is 9.53 Å². The predicted octanol–water partition coefficient (Wildman–Crippen LogP) is 3.53. The first-order valence-electron chi connectivity index (χ1n) is 11.3. The molecule has 3 heterocycles. The summed E-state index contributed by atoms with van der Waals surface area (Å²) >= 11 is 6.07. The standard InChI is InChI=1S/C24H31ClN6O2/c1-15(2)26-13-20(18-5-7-19(25)8-6-18)24(32)31-11-9-30(10-12-31)23-21-16(3)33-17(4)29-22(21)27-14-28-23/h5-8,14-16,20,26H,4,9-13H2,1-3H3,(H,27,28,29)/t16-,20+/m0/s1. The lowest BCUT2D eigenvalue weighted by Crippen LogP contribution is -2.51. The van der Waals surface area contributed by atoms with Gasteiger partial charge in [-0.1, -0.05) is 37.6 Å². The lowest BCUT2D eigenvalue weighted by molar-refractivity contribution is -0.133. The maximum atomic E-state index is 13.5. The number of piperazine rings is 1. The minimum atomic E-state index is -0.258. The molecule has 1 fully saturated rings. The minimum absolute atomic E-state index is 0.129. The van der Waals surface area contributed by atoms with Gasteiger partial charge in [0.05, 0.1) is 11.5 Å². The third-order valence-corrected chi connectivity index (χ3v) is 6.29. The van der Waals surface area contributed by atoms with Gasteiger partial charge in [0.2, 0.25) is 5.91 Å². The molecular formula is C24H31ClN6O2. The molecule has 2 atom stereocenters. The van der Waals surface area contributed by atoms with Crippen LogP contribution in [-0.2, 0) is 9.53 Å². The fraction of sp³-hybridized carbons (Fsp3) is 0.458. The molecular weight excluding hydrogens is 440 g/mol. The van der Waals surface area contributed by atoms with E-state index in [1.165, 1.54) is 0 Å². The molecule has 2 aromatic rings. The quantitative estimate of drug-likeness (QED) is 0.668. The molecule has 2 aliphatic rings. The molecule has 0 aliphatic carbocycles. The molecule has 4 rings (SSSR count). The van der Waals surface area contributed by atoms with Crippen LogP contribution in [-0.4, -0.2) is 59.5 Å². The van der Waals surface area contributed by atoms with Crippen LogP contribution < -0.4 is 15.5 Å². The van der Waals surface area contributed by atoms with E-state index in [2.05, 4.69) is 45.9 Å². The van der Waals surface area contributed by atoms with Crippen molar-refractivity contribution in [2.75, 3.05) is 42.9 Å². The van der Waals surface area contributed by atoms with E-state index in [0.717, 1.165) is 22.8 Å². The second kappa shape index (κ2) is 9.97. The molecule has 9 heteroatoms. The first-order valence-corrected chi connectivity index (χ1v) is 11.7. The largest absolute Gasteiger partial charge is 0.471 e. The van der Waals surface area contributed by atoms with E-state index in [0.29, 0.717) is 49.7 Å². The maximum absolute atomic E-state index is 13.5. The van der Waals surface area contributed by atoms with Gasteiger partial charge >= 0.3 is 0 Å². The average Bonchev–Trinajstić information content (AvgIpc) is 2.79. The second-order valence-corrected chi connectivity index (χ2v) is 9.18. The van der Waals surface area contributed by atoms with Crippen LogP contribution in [0.5, 0.6) is 0 Å². The zero-order valence-electron chi connectivity index (χ0n) is 19.3. The Morgan fingerprint density at radius 2 is 1.94 bits per heavy atom. The monoisotopic (exact) mass is 470 g/mol. The van der Waals surface area contributed by atoms with Gasteiger partial charge in [-0.2, -0.15) is 0 Å². The number of benzene rings is 1. The van der Waals surface area contributed by atoms with Crippen molar-refractivity contribution in [3.63, 3.8) is 0 Å². The SMILES string of the molecule is C=C1Nc2ncnc(N3CCN(C(=O)[C@H](CNC(C)C)c4ccc(Cl)cc4)CC3)c2[C@H](C)O1. The molecule has 0 spiro atoms. The van der Waals surface area contributed by atoms with Crippen LogP contribution in [0.2, 0.25) is 5.02 Å². The average molecular weight is 471 g/mol. The highest BCUT2D eigenvalue weighted by atomic mass is 35.5. The Kier molecular flexibility index (Phi) is 7.05. The molecule has 8 nitrogen and oxygen atoms in total. The molecule has 0 unspecified atom stereocenters. The molecule has 0 radical (unpaired) electrons. The van der Waals surface area contributed by atoms with Crippen molar-refractivity contribution in [2.45, 2.75) is 38.8 Å². The number of hydrogen-bond donors (Lipinski definition) is 2. The number of nitrogens with one attached hydrogen (secondary N) is 2. The highest BCUT2D eigenvalue weighted by Crippen LogP contribution is 2.37. The van der Waals surface area contributed by atoms with Crippen LogP contribution in [0.15, 0.2) is 43.1 Å². The van der Waals surface area contributed by atoms with Gasteiger partial charge in [-0.15, -0.1) is 0 Å². The molecule has 1 aromatic heterocycles. The molecule has 0 saturated carbocycles. The number of halogens is 1. The van der Waals surface area contributed by atoms with Crippen molar-refractivity contribution in [1.29, 1.82) is 0 Å². The lowest BCUT2D eigenvalue weighted by Gasteiger charge is -2.39. The lowest BCUT2D eigenvalue weighted by atomic mass is 9.96. The van der Waals surface area contributed by atoms with Crippen LogP contribution in [0.25, 0.3) is 0 Å². The number of carbonyl (C=O) groups excluding carboxylic acids is 1. The van der Waals surface area contributed by atoms with Gasteiger partial charge in [0.15, 0.2) is 5.88 Å². The number of rotatable bonds is 6. The van der Waals surface area contributed by atoms with Crippen molar-refractivity contribution in [3.8, 4) is 0 Å². The Bertz CT molecular complexity index is 1000. The topological polar surface area (TPSA) is 82.6 Å². The molecule has 1 amide bonds. The smallest absolute Gasteiger partial charge is 0.231 e. The summed E-state index contributed by atoms with van der Waals surface area (Å²) in [6, 6.07) is 7.86. The molecule has 2 N–H and O–H groups in total. The predicted molar refractivity (Wildman–Crippen MR) is 130 cm³/mol. The minimum Gasteiger partial charge on any atom is -0.471 e. The summed E-state index contributed by atoms with van der Waals surface area (Å²) in [6.45, 7) is 13.2. The molecule has 176 valence electrons. The van der Waals surface area contributed by atoms with Gasteiger partial charge in [0.25, 0.3) is 0 Å². The summed E-state index contributed by atoms with van der Waals surface area (Å²) in [6.07, 6.45) is 1.36. The van der Waals surface area contributed by atoms with Crippen molar-refractivity contribution in [3.05, 3.63) is 59.2 Å². The molecule has 0 bridgehead atoms. The van der Waals surface area contributed by atoms with Crippen LogP contribution in [0.4, 0.5) is 11.6 Å². The van der Waals surface area contributed by atoms with Gasteiger partial charge in [0, 0.05) is 43.8 Å². The third kappa shape index (κ3) is 5.23. The first-order chi connectivity index (χ1) is 15.8. The summed E-state index contributed by atoms with van der Waals surface area (Å²) in [5.74, 6) is 1.93. The number of ether oxygens (including phenoxy) is 1. The molecule has 1 aromatic carbocycles. The van der Waals surface area contributed by atoms with Crippen molar-refractivity contribution in [2.24, 2.45) is 0 Å². The van der Waals surface area contributed by atoms with Gasteiger partial charge in [-0.25, -0.2) is 9.97 Å². The van der Waals surface area contributed by atoms with E-state index in [1.807, 2.05) is 36.1 Å². The van der Waals surface area contributed by atoms with Gasteiger partial charge in [-0.05, 0) is 31.2 Å². The van der Waals surface area contributed by atoms with E-state index in [-0.39, 0.29) is 17.9 Å². The summed E-state index contributed by atoms with van der Waals surface area (Å²) in [4.78, 5) is 26.6. The molecule has 2 aliphatic heterocycles. The van der Waals surface area contributed by atoms with Crippen LogP contribution in [0.3, 0.4) is 0 Å². The summed E-state index contributed by atoms with van der Waals surface area (Å²) < 4.78 is 5.75. The Morgan fingerprint density at radius 1 is 1.24 bits per heavy atom. The van der Waals surface area contributed by atoms with E-state index in [1.54, 1.807) is 6.33 Å². The Labute approximate surface area is 200 Å². The van der Waals surface area contributed by atoms with Crippen molar-refractivity contribution in [1.82, 2.24) is 20.2 Å². The highest BCUT2D eigenvalue weighted by Gasteiger charge is 2.32. The third-order valence-electron chi connectivity index (χ3n) is 6.04. The summed E-state index contributed by atoms with van der Waals surface area (Å²) in [7, 11) is 0. The van der Waals surface area contributed by atoms with Crippen LogP contribution >= 0.6 is 11.6 Å². The first kappa shape index (κ1) is 23.3. The fourth-order valence-electron chi connectivity index (χ4n) is 4.30. The maximum Gasteiger partial charge on any atom is 0.231 e. The number of amides is 1. The number of anilines is 2. The number of nitrogens with zero attached hydrogens (tertiary/aromatic N) is 4. The van der Waals surface area contributed by atoms with E-state index in [4.69, 9.17) is 16.3 Å². The van der Waals surface area contributed by atoms with Crippen LogP contribution in [0.1, 0.15) is 43.9 Å². The highest BCUT2D eigenvalue weighted by molar-refractivity contribution is 6.30. The number of aromatic nitrogens is 2. The van der Waals surface area contributed by atoms with Gasteiger partial charge in [0.1, 0.15) is 24.1 Å². The Morgan fingerprint density at radius 3 is 2.61 bits per heavy atom. The van der Waals surface area contributed by atoms with E-state index < -0.39 is 0 Å². The Balaban J connectivity index is 1.47. The summed E-state index contributed by atoms with van der Waals surface area (Å²) in [5.41, 5.74) is 1.90. The number of hydrogen-bond acceptors (Lipinski definition) is 7. The zero-order valence-corrected chi connectivity index (χ0v) is 20.1. The van der Waals surface area contributed by atoms with Crippen molar-refractivity contribution >= 4 is 29.1 Å². The number of fused-ring (bicyclic) bond motifs is 1. The van der Waals surface area contributed by atoms with Gasteiger partial charge < -0.3 is 25.2 Å². The zero-order chi connectivity index (χ0) is 23.5.